The lowest BCUT2D eigenvalue weighted by Gasteiger charge is -2.36. The van der Waals surface area contributed by atoms with Crippen LogP contribution in [0, 0.1) is 11.3 Å². The molecule has 0 bridgehead atoms. The smallest absolute Gasteiger partial charge is 0.255 e. The molecule has 0 aromatic carbocycles. The second-order valence-electron chi connectivity index (χ2n) is 8.80. The van der Waals surface area contributed by atoms with E-state index in [1.165, 1.54) is 37.0 Å². The topological polar surface area (TPSA) is 158 Å². The van der Waals surface area contributed by atoms with Gasteiger partial charge in [-0.05, 0) is 19.9 Å². The van der Waals surface area contributed by atoms with Gasteiger partial charge < -0.3 is 25.6 Å². The number of carbonyl (C=O) groups excluding carboxylic acids is 1. The van der Waals surface area contributed by atoms with Crippen LogP contribution in [-0.2, 0) is 4.74 Å². The van der Waals surface area contributed by atoms with Gasteiger partial charge in [0, 0.05) is 18.9 Å². The van der Waals surface area contributed by atoms with Crippen molar-refractivity contribution in [2.24, 2.45) is 0 Å². The first-order valence-corrected chi connectivity index (χ1v) is 10.5. The standard InChI is InChI=1S/C22H24FN7O4/c1-21(2,32)18(23)8-27-20(31)15-6-25-16(3-17(15)28-10-22(33)11-34-12-22)14-7-29-30-9-13(4-24)5-26-19(14)30/h3,5-7,9,18,32-33H,8,10-12H2,1-2H3,(H,25,28)(H,27,31)/t18-/m1/s1. The molecule has 4 heterocycles. The zero-order chi connectivity index (χ0) is 24.5. The number of nitriles is 1. The third kappa shape index (κ3) is 4.81. The number of hydrogen-bond donors (Lipinski definition) is 4. The zero-order valence-corrected chi connectivity index (χ0v) is 18.6. The van der Waals surface area contributed by atoms with Crippen molar-refractivity contribution in [1.82, 2.24) is 24.9 Å². The summed E-state index contributed by atoms with van der Waals surface area (Å²) in [7, 11) is 0. The van der Waals surface area contributed by atoms with Gasteiger partial charge in [0.05, 0.1) is 65.8 Å². The van der Waals surface area contributed by atoms with Gasteiger partial charge in [-0.25, -0.2) is 13.9 Å². The van der Waals surface area contributed by atoms with Crippen molar-refractivity contribution in [2.45, 2.75) is 31.2 Å². The molecular weight excluding hydrogens is 445 g/mol. The SMILES string of the molecule is CC(C)(O)[C@H](F)CNC(=O)c1cnc(-c2cnn3cc(C#N)cnc23)cc1NCC1(O)COC1. The molecule has 3 aromatic rings. The third-order valence-corrected chi connectivity index (χ3v) is 5.47. The molecule has 0 unspecified atom stereocenters. The summed E-state index contributed by atoms with van der Waals surface area (Å²) in [6, 6.07) is 3.61. The van der Waals surface area contributed by atoms with E-state index in [0.29, 0.717) is 28.2 Å². The maximum atomic E-state index is 14.1. The number of hydrogen-bond acceptors (Lipinski definition) is 9. The number of nitrogens with one attached hydrogen (secondary N) is 2. The Balaban J connectivity index is 1.64. The molecule has 1 aliphatic rings. The number of rotatable bonds is 8. The maximum absolute atomic E-state index is 14.1. The van der Waals surface area contributed by atoms with Crippen molar-refractivity contribution in [3.63, 3.8) is 0 Å². The predicted molar refractivity (Wildman–Crippen MR) is 119 cm³/mol. The molecule has 34 heavy (non-hydrogen) atoms. The Labute approximate surface area is 194 Å². The van der Waals surface area contributed by atoms with Gasteiger partial charge in [-0.2, -0.15) is 10.4 Å². The van der Waals surface area contributed by atoms with Crippen LogP contribution in [0.2, 0.25) is 0 Å². The minimum Gasteiger partial charge on any atom is -0.387 e. The van der Waals surface area contributed by atoms with Crippen molar-refractivity contribution in [2.75, 3.05) is 31.6 Å². The molecule has 0 radical (unpaired) electrons. The zero-order valence-electron chi connectivity index (χ0n) is 18.6. The van der Waals surface area contributed by atoms with Crippen LogP contribution in [0.3, 0.4) is 0 Å². The van der Waals surface area contributed by atoms with Crippen molar-refractivity contribution < 1.29 is 24.1 Å². The van der Waals surface area contributed by atoms with Gasteiger partial charge in [0.15, 0.2) is 5.65 Å². The van der Waals surface area contributed by atoms with E-state index in [9.17, 15) is 19.4 Å². The number of carbonyl (C=O) groups is 1. The predicted octanol–water partition coefficient (Wildman–Crippen LogP) is 0.675. The second kappa shape index (κ2) is 8.94. The molecule has 178 valence electrons. The lowest BCUT2D eigenvalue weighted by molar-refractivity contribution is -0.168. The van der Waals surface area contributed by atoms with Crippen LogP contribution in [0.5, 0.6) is 0 Å². The van der Waals surface area contributed by atoms with E-state index in [-0.39, 0.29) is 31.9 Å². The van der Waals surface area contributed by atoms with Gasteiger partial charge in [0.25, 0.3) is 5.91 Å². The first kappa shape index (κ1) is 23.5. The van der Waals surface area contributed by atoms with Crippen LogP contribution >= 0.6 is 0 Å². The Bertz CT molecular complexity index is 1260. The van der Waals surface area contributed by atoms with Gasteiger partial charge in [0.2, 0.25) is 0 Å². The molecule has 1 fully saturated rings. The summed E-state index contributed by atoms with van der Waals surface area (Å²) in [5.41, 5.74) is -0.364. The number of anilines is 1. The average Bonchev–Trinajstić information content (AvgIpc) is 3.22. The fourth-order valence-electron chi connectivity index (χ4n) is 3.27. The molecule has 1 amide bonds. The molecule has 0 saturated carbocycles. The summed E-state index contributed by atoms with van der Waals surface area (Å²) < 4.78 is 20.6. The quantitative estimate of drug-likeness (QED) is 0.372. The number of pyridine rings is 1. The molecule has 0 spiro atoms. The highest BCUT2D eigenvalue weighted by Crippen LogP contribution is 2.27. The summed E-state index contributed by atoms with van der Waals surface area (Å²) in [6.07, 6.45) is 4.16. The summed E-state index contributed by atoms with van der Waals surface area (Å²) >= 11 is 0. The van der Waals surface area contributed by atoms with Crippen LogP contribution in [0.15, 0.2) is 30.9 Å². The maximum Gasteiger partial charge on any atom is 0.255 e. The van der Waals surface area contributed by atoms with Crippen molar-refractivity contribution in [1.29, 1.82) is 5.26 Å². The molecule has 4 rings (SSSR count). The number of fused-ring (bicyclic) bond motifs is 1. The Hall–Kier alpha value is -3.66. The van der Waals surface area contributed by atoms with Gasteiger partial charge in [0.1, 0.15) is 17.8 Å². The Morgan fingerprint density at radius 2 is 2.15 bits per heavy atom. The second-order valence-corrected chi connectivity index (χ2v) is 8.80. The molecule has 11 nitrogen and oxygen atoms in total. The highest BCUT2D eigenvalue weighted by Gasteiger charge is 2.36. The van der Waals surface area contributed by atoms with Crippen LogP contribution in [0.1, 0.15) is 29.8 Å². The van der Waals surface area contributed by atoms with E-state index in [4.69, 9.17) is 10.00 Å². The van der Waals surface area contributed by atoms with Crippen LogP contribution in [-0.4, -0.2) is 79.4 Å². The van der Waals surface area contributed by atoms with E-state index >= 15 is 0 Å². The first-order chi connectivity index (χ1) is 16.1. The van der Waals surface area contributed by atoms with Gasteiger partial charge in [-0.3, -0.25) is 9.78 Å². The van der Waals surface area contributed by atoms with Crippen molar-refractivity contribution in [3.8, 4) is 17.3 Å². The third-order valence-electron chi connectivity index (χ3n) is 5.47. The Morgan fingerprint density at radius 1 is 1.38 bits per heavy atom. The van der Waals surface area contributed by atoms with Crippen molar-refractivity contribution >= 4 is 17.2 Å². The number of amides is 1. The Kier molecular flexibility index (Phi) is 6.18. The lowest BCUT2D eigenvalue weighted by Crippen LogP contribution is -2.54. The monoisotopic (exact) mass is 469 g/mol. The summed E-state index contributed by atoms with van der Waals surface area (Å²) in [4.78, 5) is 21.4. The van der Waals surface area contributed by atoms with Gasteiger partial charge >= 0.3 is 0 Å². The van der Waals surface area contributed by atoms with Gasteiger partial charge in [-0.1, -0.05) is 0 Å². The normalized spacial score (nSPS) is 15.9. The van der Waals surface area contributed by atoms with E-state index < -0.39 is 23.3 Å². The summed E-state index contributed by atoms with van der Waals surface area (Å²) in [5, 5.41) is 38.9. The number of nitrogens with zero attached hydrogens (tertiary/aromatic N) is 5. The number of aliphatic hydroxyl groups is 2. The van der Waals surface area contributed by atoms with Crippen LogP contribution < -0.4 is 10.6 Å². The number of ether oxygens (including phenoxy) is 1. The molecule has 4 N–H and O–H groups in total. The molecule has 1 aliphatic heterocycles. The van der Waals surface area contributed by atoms with Crippen molar-refractivity contribution in [3.05, 3.63) is 42.0 Å². The molecular formula is C22H24FN7O4. The summed E-state index contributed by atoms with van der Waals surface area (Å²) in [5.74, 6) is -0.595. The van der Waals surface area contributed by atoms with E-state index in [1.54, 1.807) is 12.3 Å². The lowest BCUT2D eigenvalue weighted by atomic mass is 10.0. The minimum atomic E-state index is -1.67. The van der Waals surface area contributed by atoms with Crippen LogP contribution in [0.25, 0.3) is 16.9 Å². The molecule has 3 aromatic heterocycles. The molecule has 12 heteroatoms. The van der Waals surface area contributed by atoms with Crippen LogP contribution in [0.4, 0.5) is 10.1 Å². The van der Waals surface area contributed by atoms with E-state index in [0.717, 1.165) is 0 Å². The first-order valence-electron chi connectivity index (χ1n) is 10.5. The highest BCUT2D eigenvalue weighted by atomic mass is 19.1. The Morgan fingerprint density at radius 3 is 2.79 bits per heavy atom. The van der Waals surface area contributed by atoms with E-state index in [1.807, 2.05) is 6.07 Å². The molecule has 1 atom stereocenters. The van der Waals surface area contributed by atoms with Gasteiger partial charge in [-0.15, -0.1) is 0 Å². The summed E-state index contributed by atoms with van der Waals surface area (Å²) in [6.45, 7) is 2.68. The molecule has 1 saturated heterocycles. The minimum absolute atomic E-state index is 0.116. The van der Waals surface area contributed by atoms with E-state index in [2.05, 4.69) is 25.7 Å². The largest absolute Gasteiger partial charge is 0.387 e. The fraction of sp³-hybridized carbons (Fsp3) is 0.409. The fourth-order valence-corrected chi connectivity index (χ4v) is 3.27. The number of alkyl halides is 1. The number of aromatic nitrogens is 4. The average molecular weight is 469 g/mol. The highest BCUT2D eigenvalue weighted by molar-refractivity contribution is 6.00. The number of halogens is 1. The molecule has 0 aliphatic carbocycles.